The maximum atomic E-state index is 11.2. The smallest absolute Gasteiger partial charge is 0.268 e. The second-order valence-corrected chi connectivity index (χ2v) is 3.89. The molecule has 0 spiro atoms. The predicted molar refractivity (Wildman–Crippen MR) is 58.8 cm³/mol. The number of piperazine rings is 1. The first kappa shape index (κ1) is 12.3. The lowest BCUT2D eigenvalue weighted by Crippen LogP contribution is -2.50. The Labute approximate surface area is 102 Å². The minimum absolute atomic E-state index is 0.116. The molecule has 1 fully saturated rings. The monoisotopic (exact) mass is 252 g/mol. The normalized spacial score (nSPS) is 16.5. The number of nitrogens with zero attached hydrogens (tertiary/aromatic N) is 1. The average molecular weight is 252 g/mol. The van der Waals surface area contributed by atoms with Crippen LogP contribution in [-0.4, -0.2) is 35.7 Å². The van der Waals surface area contributed by atoms with E-state index in [-0.39, 0.29) is 31.4 Å². The molecule has 0 unspecified atom stereocenters. The van der Waals surface area contributed by atoms with Gasteiger partial charge in [-0.2, -0.15) is 0 Å². The molecule has 3 amide bonds. The summed E-state index contributed by atoms with van der Waals surface area (Å²) in [6.07, 6.45) is 1.27. The van der Waals surface area contributed by atoms with Crippen LogP contribution in [-0.2, 0) is 16.1 Å². The molecule has 0 radical (unpaired) electrons. The van der Waals surface area contributed by atoms with Gasteiger partial charge < -0.3 is 4.42 Å². The zero-order chi connectivity index (χ0) is 13.1. The molecule has 8 heteroatoms. The van der Waals surface area contributed by atoms with Crippen molar-refractivity contribution >= 4 is 17.7 Å². The van der Waals surface area contributed by atoms with Gasteiger partial charge in [0.1, 0.15) is 12.0 Å². The molecular weight excluding hydrogens is 240 g/mol. The maximum absolute atomic E-state index is 11.2. The first-order chi connectivity index (χ1) is 8.58. The van der Waals surface area contributed by atoms with E-state index in [1.54, 1.807) is 4.90 Å². The fraction of sp³-hybridized carbons (Fsp3) is 0.300. The summed E-state index contributed by atoms with van der Waals surface area (Å²) >= 11 is 0. The Hall–Kier alpha value is -2.19. The molecule has 18 heavy (non-hydrogen) atoms. The van der Waals surface area contributed by atoms with Gasteiger partial charge in [0, 0.05) is 0 Å². The van der Waals surface area contributed by atoms with Gasteiger partial charge in [0.15, 0.2) is 0 Å². The van der Waals surface area contributed by atoms with Gasteiger partial charge >= 0.3 is 0 Å². The van der Waals surface area contributed by atoms with Gasteiger partial charge in [0.05, 0.1) is 25.2 Å². The van der Waals surface area contributed by atoms with Crippen LogP contribution in [0.3, 0.4) is 0 Å². The van der Waals surface area contributed by atoms with E-state index in [2.05, 4.69) is 5.32 Å². The summed E-state index contributed by atoms with van der Waals surface area (Å²) in [5, 5.41) is 2.20. The highest BCUT2D eigenvalue weighted by Gasteiger charge is 2.23. The molecule has 4 N–H and O–H groups in total. The number of hydrogen-bond donors (Lipinski definition) is 3. The second-order valence-electron chi connectivity index (χ2n) is 3.89. The van der Waals surface area contributed by atoms with Crippen LogP contribution in [0.5, 0.6) is 0 Å². The van der Waals surface area contributed by atoms with Crippen LogP contribution in [0.1, 0.15) is 16.1 Å². The molecule has 0 aromatic carbocycles. The molecule has 8 nitrogen and oxygen atoms in total. The summed E-state index contributed by atoms with van der Waals surface area (Å²) < 4.78 is 5.16. The van der Waals surface area contributed by atoms with Crippen LogP contribution < -0.4 is 16.6 Å². The van der Waals surface area contributed by atoms with Gasteiger partial charge in [-0.15, -0.1) is 0 Å². The van der Waals surface area contributed by atoms with Crippen molar-refractivity contribution in [3.8, 4) is 0 Å². The van der Waals surface area contributed by atoms with Gasteiger partial charge in [0.25, 0.3) is 5.91 Å². The number of hydrazine groups is 1. The van der Waals surface area contributed by atoms with Gasteiger partial charge in [-0.1, -0.05) is 0 Å². The largest absolute Gasteiger partial charge is 0.467 e. The number of imide groups is 1. The third-order valence-corrected chi connectivity index (χ3v) is 2.44. The Kier molecular flexibility index (Phi) is 3.40. The summed E-state index contributed by atoms with van der Waals surface area (Å²) in [7, 11) is 0. The number of nitrogen functional groups attached to an aromatic ring is 1. The van der Waals surface area contributed by atoms with Crippen molar-refractivity contribution in [1.29, 1.82) is 0 Å². The molecule has 0 aliphatic carbocycles. The van der Waals surface area contributed by atoms with Gasteiger partial charge in [0.2, 0.25) is 11.8 Å². The summed E-state index contributed by atoms with van der Waals surface area (Å²) in [5.74, 6) is 4.31. The lowest BCUT2D eigenvalue weighted by Gasteiger charge is -2.23. The van der Waals surface area contributed by atoms with Gasteiger partial charge in [-0.05, 0) is 6.07 Å². The van der Waals surface area contributed by atoms with Crippen molar-refractivity contribution in [3.05, 3.63) is 23.7 Å². The summed E-state index contributed by atoms with van der Waals surface area (Å²) in [6, 6.07) is 1.51. The summed E-state index contributed by atoms with van der Waals surface area (Å²) in [5.41, 5.74) is 2.27. The number of carbonyl (C=O) groups excluding carboxylic acids is 3. The number of rotatable bonds is 3. The number of nitrogens with two attached hydrogens (primary N) is 1. The minimum Gasteiger partial charge on any atom is -0.467 e. The molecule has 0 saturated carbocycles. The number of nitrogens with one attached hydrogen (secondary N) is 2. The Morgan fingerprint density at radius 1 is 1.44 bits per heavy atom. The highest BCUT2D eigenvalue weighted by atomic mass is 16.3. The van der Waals surface area contributed by atoms with Crippen LogP contribution in [0.4, 0.5) is 0 Å². The van der Waals surface area contributed by atoms with E-state index in [0.717, 1.165) is 0 Å². The Bertz CT molecular complexity index is 480. The molecule has 0 atom stereocenters. The number of carbonyl (C=O) groups is 3. The Morgan fingerprint density at radius 2 is 2.11 bits per heavy atom. The van der Waals surface area contributed by atoms with Crippen LogP contribution in [0.15, 0.2) is 16.7 Å². The first-order valence-corrected chi connectivity index (χ1v) is 5.22. The van der Waals surface area contributed by atoms with E-state index in [4.69, 9.17) is 10.3 Å². The topological polar surface area (TPSA) is 118 Å². The zero-order valence-corrected chi connectivity index (χ0v) is 9.43. The zero-order valence-electron chi connectivity index (χ0n) is 9.43. The third kappa shape index (κ3) is 2.73. The molecule has 1 aromatic rings. The Balaban J connectivity index is 2.01. The van der Waals surface area contributed by atoms with Crippen molar-refractivity contribution in [2.24, 2.45) is 5.84 Å². The molecule has 1 aliphatic rings. The van der Waals surface area contributed by atoms with Crippen LogP contribution in [0, 0.1) is 0 Å². The standard InChI is InChI=1S/C10H12N4O4/c11-13-10(17)6-1-7(18-5-6)2-14-3-8(15)12-9(16)4-14/h1,5H,2-4,11H2,(H,13,17)(H,12,15,16). The lowest BCUT2D eigenvalue weighted by atomic mass is 10.2. The number of furan rings is 1. The molecule has 96 valence electrons. The second kappa shape index (κ2) is 4.98. The third-order valence-electron chi connectivity index (χ3n) is 2.44. The average Bonchev–Trinajstić information content (AvgIpc) is 2.75. The van der Waals surface area contributed by atoms with Gasteiger partial charge in [-0.25, -0.2) is 5.84 Å². The molecular formula is C10H12N4O4. The molecule has 1 aromatic heterocycles. The Morgan fingerprint density at radius 3 is 2.72 bits per heavy atom. The van der Waals surface area contributed by atoms with E-state index in [0.29, 0.717) is 11.3 Å². The molecule has 1 saturated heterocycles. The fourth-order valence-electron chi connectivity index (χ4n) is 1.69. The summed E-state index contributed by atoms with van der Waals surface area (Å²) in [6.45, 7) is 0.507. The van der Waals surface area contributed by atoms with Crippen LogP contribution in [0.2, 0.25) is 0 Å². The van der Waals surface area contributed by atoms with Crippen LogP contribution >= 0.6 is 0 Å². The quantitative estimate of drug-likeness (QED) is 0.256. The van der Waals surface area contributed by atoms with E-state index in [1.807, 2.05) is 5.43 Å². The molecule has 2 rings (SSSR count). The number of amides is 3. The van der Waals surface area contributed by atoms with E-state index >= 15 is 0 Å². The lowest BCUT2D eigenvalue weighted by molar-refractivity contribution is -0.136. The van der Waals surface area contributed by atoms with Crippen molar-refractivity contribution in [3.63, 3.8) is 0 Å². The van der Waals surface area contributed by atoms with Crippen molar-refractivity contribution in [2.45, 2.75) is 6.54 Å². The fourth-order valence-corrected chi connectivity index (χ4v) is 1.69. The highest BCUT2D eigenvalue weighted by molar-refractivity contribution is 5.99. The van der Waals surface area contributed by atoms with E-state index in [1.165, 1.54) is 12.3 Å². The van der Waals surface area contributed by atoms with Crippen molar-refractivity contribution in [1.82, 2.24) is 15.6 Å². The predicted octanol–water partition coefficient (Wildman–Crippen LogP) is -1.66. The number of hydrogen-bond acceptors (Lipinski definition) is 6. The van der Waals surface area contributed by atoms with Gasteiger partial charge in [-0.3, -0.25) is 30.0 Å². The SMILES string of the molecule is NNC(=O)c1coc(CN2CC(=O)NC(=O)C2)c1. The maximum Gasteiger partial charge on any atom is 0.268 e. The highest BCUT2D eigenvalue weighted by Crippen LogP contribution is 2.11. The van der Waals surface area contributed by atoms with E-state index in [9.17, 15) is 14.4 Å². The molecule has 0 bridgehead atoms. The van der Waals surface area contributed by atoms with Crippen LogP contribution in [0.25, 0.3) is 0 Å². The van der Waals surface area contributed by atoms with E-state index < -0.39 is 5.91 Å². The van der Waals surface area contributed by atoms with Crippen molar-refractivity contribution < 1.29 is 18.8 Å². The summed E-state index contributed by atoms with van der Waals surface area (Å²) in [4.78, 5) is 35.1. The first-order valence-electron chi connectivity index (χ1n) is 5.22. The minimum atomic E-state index is -0.461. The molecule has 1 aliphatic heterocycles. The van der Waals surface area contributed by atoms with Crippen molar-refractivity contribution in [2.75, 3.05) is 13.1 Å². The molecule has 2 heterocycles.